The molecule has 1 aliphatic rings. The molecule has 31 heavy (non-hydrogen) atoms. The van der Waals surface area contributed by atoms with Gasteiger partial charge < -0.3 is 14.3 Å². The zero-order valence-electron chi connectivity index (χ0n) is 17.3. The fourth-order valence-corrected chi connectivity index (χ4v) is 4.98. The molecule has 8 nitrogen and oxygen atoms in total. The second kappa shape index (κ2) is 8.58. The summed E-state index contributed by atoms with van der Waals surface area (Å²) in [6, 6.07) is 11.7. The summed E-state index contributed by atoms with van der Waals surface area (Å²) in [5.41, 5.74) is 2.02. The van der Waals surface area contributed by atoms with E-state index in [-0.39, 0.29) is 11.8 Å². The molecule has 5 rings (SSSR count). The second-order valence-electron chi connectivity index (χ2n) is 7.63. The molecule has 0 bridgehead atoms. The molecule has 1 aliphatic heterocycles. The van der Waals surface area contributed by atoms with Gasteiger partial charge in [0.05, 0.1) is 23.0 Å². The molecule has 1 aromatic carbocycles. The van der Waals surface area contributed by atoms with Crippen molar-refractivity contribution in [3.8, 4) is 11.6 Å². The number of rotatable bonds is 6. The summed E-state index contributed by atoms with van der Waals surface area (Å²) in [6.45, 7) is 4.22. The van der Waals surface area contributed by atoms with E-state index in [4.69, 9.17) is 9.40 Å². The third-order valence-corrected chi connectivity index (χ3v) is 6.62. The van der Waals surface area contributed by atoms with Crippen LogP contribution in [0, 0.1) is 0 Å². The van der Waals surface area contributed by atoms with Crippen LogP contribution >= 0.6 is 11.8 Å². The SMILES string of the molecule is CCn1c(SCC(=O)N2CCCC(c3nc4ccccc4[nH]3)C2)nnc1-c1ccco1. The molecule has 1 saturated heterocycles. The van der Waals surface area contributed by atoms with Crippen LogP contribution in [-0.2, 0) is 11.3 Å². The van der Waals surface area contributed by atoms with Crippen molar-refractivity contribution < 1.29 is 9.21 Å². The van der Waals surface area contributed by atoms with Gasteiger partial charge in [-0.1, -0.05) is 23.9 Å². The van der Waals surface area contributed by atoms with Gasteiger partial charge in [0, 0.05) is 25.6 Å². The maximum atomic E-state index is 13.0. The Hall–Kier alpha value is -3.07. The molecule has 3 aromatic heterocycles. The lowest BCUT2D eigenvalue weighted by Gasteiger charge is -2.31. The number of H-pyrrole nitrogens is 1. The zero-order chi connectivity index (χ0) is 21.2. The lowest BCUT2D eigenvalue weighted by Crippen LogP contribution is -2.40. The third kappa shape index (κ3) is 3.97. The smallest absolute Gasteiger partial charge is 0.233 e. The fourth-order valence-electron chi connectivity index (χ4n) is 4.08. The summed E-state index contributed by atoms with van der Waals surface area (Å²) in [7, 11) is 0. The highest BCUT2D eigenvalue weighted by molar-refractivity contribution is 7.99. The molecule has 1 N–H and O–H groups in total. The molecular formula is C22H24N6O2S. The maximum absolute atomic E-state index is 13.0. The summed E-state index contributed by atoms with van der Waals surface area (Å²) < 4.78 is 7.43. The van der Waals surface area contributed by atoms with Crippen LogP contribution < -0.4 is 0 Å². The third-order valence-electron chi connectivity index (χ3n) is 5.67. The number of furan rings is 1. The van der Waals surface area contributed by atoms with E-state index in [0.29, 0.717) is 30.4 Å². The van der Waals surface area contributed by atoms with Crippen molar-refractivity contribution in [1.82, 2.24) is 29.6 Å². The molecule has 1 atom stereocenters. The van der Waals surface area contributed by atoms with Crippen LogP contribution in [0.25, 0.3) is 22.6 Å². The predicted octanol–water partition coefficient (Wildman–Crippen LogP) is 3.93. The molecule has 9 heteroatoms. The Labute approximate surface area is 184 Å². The van der Waals surface area contributed by atoms with Gasteiger partial charge in [-0.25, -0.2) is 4.98 Å². The standard InChI is InChI=1S/C22H24N6O2S/c1-2-28-21(18-10-6-12-30-18)25-26-22(28)31-14-19(29)27-11-5-7-15(13-27)20-23-16-8-3-4-9-17(16)24-20/h3-4,6,8-10,12,15H,2,5,7,11,13-14H2,1H3,(H,23,24). The van der Waals surface area contributed by atoms with Gasteiger partial charge in [-0.15, -0.1) is 10.2 Å². The number of fused-ring (bicyclic) bond motifs is 1. The van der Waals surface area contributed by atoms with E-state index in [0.717, 1.165) is 41.4 Å². The summed E-state index contributed by atoms with van der Waals surface area (Å²) in [4.78, 5) is 23.1. The molecule has 1 amide bonds. The zero-order valence-corrected chi connectivity index (χ0v) is 18.1. The normalized spacial score (nSPS) is 16.8. The van der Waals surface area contributed by atoms with Crippen molar-refractivity contribution >= 4 is 28.7 Å². The van der Waals surface area contributed by atoms with E-state index in [1.54, 1.807) is 6.26 Å². The number of nitrogens with one attached hydrogen (secondary N) is 1. The number of likely N-dealkylation sites (tertiary alicyclic amines) is 1. The lowest BCUT2D eigenvalue weighted by molar-refractivity contribution is -0.129. The largest absolute Gasteiger partial charge is 0.461 e. The summed E-state index contributed by atoms with van der Waals surface area (Å²) in [5, 5.41) is 9.26. The van der Waals surface area contributed by atoms with Crippen LogP contribution in [-0.4, -0.2) is 54.4 Å². The van der Waals surface area contributed by atoms with Crippen LogP contribution in [0.2, 0.25) is 0 Å². The number of para-hydroxylation sites is 2. The topological polar surface area (TPSA) is 92.8 Å². The number of hydrogen-bond acceptors (Lipinski definition) is 6. The highest BCUT2D eigenvalue weighted by Crippen LogP contribution is 2.28. The Morgan fingerprint density at radius 3 is 2.97 bits per heavy atom. The van der Waals surface area contributed by atoms with E-state index >= 15 is 0 Å². The Morgan fingerprint density at radius 2 is 2.16 bits per heavy atom. The number of benzene rings is 1. The van der Waals surface area contributed by atoms with E-state index in [9.17, 15) is 4.79 Å². The average Bonchev–Trinajstić information content (AvgIpc) is 3.56. The molecule has 0 saturated carbocycles. The number of piperidine rings is 1. The van der Waals surface area contributed by atoms with Crippen LogP contribution in [0.3, 0.4) is 0 Å². The van der Waals surface area contributed by atoms with Crippen molar-refractivity contribution in [1.29, 1.82) is 0 Å². The quantitative estimate of drug-likeness (QED) is 0.460. The number of nitrogens with zero attached hydrogens (tertiary/aromatic N) is 5. The van der Waals surface area contributed by atoms with Crippen molar-refractivity contribution in [2.45, 2.75) is 37.4 Å². The molecule has 0 radical (unpaired) electrons. The van der Waals surface area contributed by atoms with Gasteiger partial charge in [0.25, 0.3) is 0 Å². The van der Waals surface area contributed by atoms with Crippen molar-refractivity contribution in [3.63, 3.8) is 0 Å². The molecule has 0 aliphatic carbocycles. The van der Waals surface area contributed by atoms with Crippen molar-refractivity contribution in [2.24, 2.45) is 0 Å². The number of imidazole rings is 1. The first-order valence-electron chi connectivity index (χ1n) is 10.5. The first-order chi connectivity index (χ1) is 15.2. The number of amides is 1. The van der Waals surface area contributed by atoms with E-state index < -0.39 is 0 Å². The first kappa shape index (κ1) is 19.9. The highest BCUT2D eigenvalue weighted by atomic mass is 32.2. The molecule has 1 unspecified atom stereocenters. The van der Waals surface area contributed by atoms with Gasteiger partial charge in [0.2, 0.25) is 5.91 Å². The Morgan fingerprint density at radius 1 is 1.26 bits per heavy atom. The summed E-state index contributed by atoms with van der Waals surface area (Å²) in [6.07, 6.45) is 3.63. The van der Waals surface area contributed by atoms with E-state index in [1.165, 1.54) is 11.8 Å². The van der Waals surface area contributed by atoms with Gasteiger partial charge in [0.15, 0.2) is 16.7 Å². The van der Waals surface area contributed by atoms with E-state index in [2.05, 4.69) is 15.2 Å². The summed E-state index contributed by atoms with van der Waals surface area (Å²) >= 11 is 1.43. The number of carbonyl (C=O) groups is 1. The minimum atomic E-state index is 0.121. The highest BCUT2D eigenvalue weighted by Gasteiger charge is 2.27. The second-order valence-corrected chi connectivity index (χ2v) is 8.58. The summed E-state index contributed by atoms with van der Waals surface area (Å²) in [5.74, 6) is 3.03. The predicted molar refractivity (Wildman–Crippen MR) is 119 cm³/mol. The van der Waals surface area contributed by atoms with Crippen LogP contribution in [0.5, 0.6) is 0 Å². The van der Waals surface area contributed by atoms with Gasteiger partial charge >= 0.3 is 0 Å². The van der Waals surface area contributed by atoms with Gasteiger partial charge in [-0.2, -0.15) is 0 Å². The number of thioether (sulfide) groups is 1. The molecule has 0 spiro atoms. The number of aromatic amines is 1. The molecule has 4 aromatic rings. The monoisotopic (exact) mass is 436 g/mol. The van der Waals surface area contributed by atoms with Crippen LogP contribution in [0.1, 0.15) is 31.5 Å². The minimum Gasteiger partial charge on any atom is -0.461 e. The number of hydrogen-bond donors (Lipinski definition) is 1. The lowest BCUT2D eigenvalue weighted by atomic mass is 9.97. The van der Waals surface area contributed by atoms with Gasteiger partial charge in [0.1, 0.15) is 5.82 Å². The van der Waals surface area contributed by atoms with E-state index in [1.807, 2.05) is 52.8 Å². The van der Waals surface area contributed by atoms with Crippen LogP contribution in [0.15, 0.2) is 52.2 Å². The number of carbonyl (C=O) groups excluding carboxylic acids is 1. The van der Waals surface area contributed by atoms with Crippen molar-refractivity contribution in [3.05, 3.63) is 48.5 Å². The van der Waals surface area contributed by atoms with Crippen LogP contribution in [0.4, 0.5) is 0 Å². The maximum Gasteiger partial charge on any atom is 0.233 e. The minimum absolute atomic E-state index is 0.121. The fraction of sp³-hybridized carbons (Fsp3) is 0.364. The Bertz CT molecular complexity index is 1150. The first-order valence-corrected chi connectivity index (χ1v) is 11.5. The molecule has 160 valence electrons. The van der Waals surface area contributed by atoms with Gasteiger partial charge in [-0.05, 0) is 44.0 Å². The van der Waals surface area contributed by atoms with Crippen molar-refractivity contribution in [2.75, 3.05) is 18.8 Å². The average molecular weight is 437 g/mol. The Kier molecular flexibility index (Phi) is 5.50. The Balaban J connectivity index is 1.24. The molecule has 4 heterocycles. The molecular weight excluding hydrogens is 412 g/mol. The number of aromatic nitrogens is 5. The van der Waals surface area contributed by atoms with Gasteiger partial charge in [-0.3, -0.25) is 9.36 Å². The molecule has 1 fully saturated rings.